The lowest BCUT2D eigenvalue weighted by atomic mass is 9.82. The van der Waals surface area contributed by atoms with Crippen LogP contribution in [0.1, 0.15) is 74.1 Å². The number of carbonyl (C=O) groups is 1. The van der Waals surface area contributed by atoms with E-state index < -0.39 is 18.0 Å². The topological polar surface area (TPSA) is 94.5 Å². The molecule has 2 N–H and O–H groups in total. The predicted octanol–water partition coefficient (Wildman–Crippen LogP) is 6.38. The van der Waals surface area contributed by atoms with E-state index in [4.69, 9.17) is 18.9 Å². The Hall–Kier alpha value is -2.29. The Morgan fingerprint density at radius 3 is 2.56 bits per heavy atom. The average Bonchev–Trinajstić information content (AvgIpc) is 3.38. The lowest BCUT2D eigenvalue weighted by Crippen LogP contribution is -2.51. The van der Waals surface area contributed by atoms with Gasteiger partial charge in [0.2, 0.25) is 0 Å². The molecule has 10 unspecified atom stereocenters. The van der Waals surface area contributed by atoms with E-state index >= 15 is 0 Å². The third-order valence-corrected chi connectivity index (χ3v) is 9.11. The Labute approximate surface area is 259 Å². The van der Waals surface area contributed by atoms with E-state index in [1.807, 2.05) is 45.1 Å². The number of rotatable bonds is 13. The van der Waals surface area contributed by atoms with Gasteiger partial charge in [-0.2, -0.15) is 0 Å². The summed E-state index contributed by atoms with van der Waals surface area (Å²) in [6.07, 6.45) is 13.8. The molecule has 2 heterocycles. The molecule has 0 saturated carbocycles. The minimum atomic E-state index is -1.11. The summed E-state index contributed by atoms with van der Waals surface area (Å²) in [5, 5.41) is 21.5. The zero-order valence-corrected chi connectivity index (χ0v) is 27.2. The molecule has 7 heteroatoms. The van der Waals surface area contributed by atoms with Gasteiger partial charge in [0.25, 0.3) is 0 Å². The van der Waals surface area contributed by atoms with Gasteiger partial charge in [-0.1, -0.05) is 70.7 Å². The van der Waals surface area contributed by atoms with Crippen molar-refractivity contribution in [3.63, 3.8) is 0 Å². The lowest BCUT2D eigenvalue weighted by Gasteiger charge is -2.45. The number of carbonyl (C=O) groups excluding carboxylic acids is 1. The first kappa shape index (κ1) is 35.2. The van der Waals surface area contributed by atoms with Gasteiger partial charge in [-0.3, -0.25) is 4.79 Å². The van der Waals surface area contributed by atoms with Crippen molar-refractivity contribution in [3.8, 4) is 0 Å². The molecule has 1 aliphatic carbocycles. The molecule has 10 atom stereocenters. The second-order valence-electron chi connectivity index (χ2n) is 13.0. The SMILES string of the molecule is C=CC(C)C(OC1(C=C)CC(OC(C)=O)CC(CC=C(C)C(O)C(C)C=CC=C2COC3C(O)C(C)=CCC23)O1)C(C)C. The van der Waals surface area contributed by atoms with Crippen LogP contribution in [0.15, 0.2) is 72.4 Å². The van der Waals surface area contributed by atoms with Gasteiger partial charge < -0.3 is 29.2 Å². The maximum Gasteiger partial charge on any atom is 0.302 e. The van der Waals surface area contributed by atoms with Crippen molar-refractivity contribution in [2.45, 2.75) is 117 Å². The molecule has 0 amide bonds. The number of hydrogen-bond donors (Lipinski definition) is 2. The molecule has 2 saturated heterocycles. The number of fused-ring (bicyclic) bond motifs is 1. The highest BCUT2D eigenvalue weighted by atomic mass is 16.7. The van der Waals surface area contributed by atoms with E-state index in [0.29, 0.717) is 25.9 Å². The standard InChI is InChI=1S/C36H54O7/c1-10-23(5)34(22(3)4)43-36(11-2)20-30(41-27(9)37)19-29(42-36)17-15-25(7)32(38)24(6)13-12-14-28-21-40-35-31(28)18-16-26(8)33(35)39/h10-16,22-24,29-35,38-39H,1-2,17-21H2,3-9H3. The third kappa shape index (κ3) is 9.11. The van der Waals surface area contributed by atoms with Crippen LogP contribution in [0.25, 0.3) is 0 Å². The Balaban J connectivity index is 1.67. The van der Waals surface area contributed by atoms with Crippen LogP contribution in [0.2, 0.25) is 0 Å². The fourth-order valence-electron chi connectivity index (χ4n) is 6.41. The number of esters is 1. The minimum absolute atomic E-state index is 0.0911. The molecule has 7 nitrogen and oxygen atoms in total. The molecule has 3 rings (SSSR count). The second-order valence-corrected chi connectivity index (χ2v) is 13.0. The van der Waals surface area contributed by atoms with Crippen LogP contribution in [-0.2, 0) is 23.7 Å². The van der Waals surface area contributed by atoms with Gasteiger partial charge in [0.15, 0.2) is 5.79 Å². The van der Waals surface area contributed by atoms with Crippen molar-refractivity contribution < 1.29 is 34.0 Å². The van der Waals surface area contributed by atoms with Crippen molar-refractivity contribution in [1.29, 1.82) is 0 Å². The highest BCUT2D eigenvalue weighted by Gasteiger charge is 2.44. The summed E-state index contributed by atoms with van der Waals surface area (Å²) in [5.74, 6) is -1.07. The summed E-state index contributed by atoms with van der Waals surface area (Å²) < 4.78 is 24.7. The number of ether oxygens (including phenoxy) is 4. The first-order chi connectivity index (χ1) is 20.3. The fourth-order valence-corrected chi connectivity index (χ4v) is 6.41. The molecule has 0 radical (unpaired) electrons. The van der Waals surface area contributed by atoms with Crippen LogP contribution in [0.5, 0.6) is 0 Å². The van der Waals surface area contributed by atoms with Crippen LogP contribution in [-0.4, -0.2) is 65.2 Å². The highest BCUT2D eigenvalue weighted by molar-refractivity contribution is 5.66. The van der Waals surface area contributed by atoms with Gasteiger partial charge in [-0.05, 0) is 55.4 Å². The first-order valence-corrected chi connectivity index (χ1v) is 15.8. The second kappa shape index (κ2) is 15.6. The Bertz CT molecular complexity index is 1100. The Morgan fingerprint density at radius 2 is 1.93 bits per heavy atom. The van der Waals surface area contributed by atoms with Crippen molar-refractivity contribution in [3.05, 3.63) is 72.4 Å². The van der Waals surface area contributed by atoms with E-state index in [1.165, 1.54) is 12.5 Å². The molecule has 2 aliphatic heterocycles. The molecule has 0 aromatic rings. The molecule has 0 spiro atoms. The molecule has 43 heavy (non-hydrogen) atoms. The van der Waals surface area contributed by atoms with E-state index in [0.717, 1.165) is 17.6 Å². The quantitative estimate of drug-likeness (QED) is 0.188. The monoisotopic (exact) mass is 598 g/mol. The van der Waals surface area contributed by atoms with E-state index in [-0.39, 0.29) is 54.1 Å². The van der Waals surface area contributed by atoms with Gasteiger partial charge in [0.05, 0.1) is 31.0 Å². The summed E-state index contributed by atoms with van der Waals surface area (Å²) in [7, 11) is 0. The van der Waals surface area contributed by atoms with E-state index in [9.17, 15) is 15.0 Å². The molecular formula is C36H54O7. The number of hydrogen-bond acceptors (Lipinski definition) is 7. The largest absolute Gasteiger partial charge is 0.462 e. The average molecular weight is 599 g/mol. The zero-order chi connectivity index (χ0) is 31.9. The maximum absolute atomic E-state index is 11.9. The van der Waals surface area contributed by atoms with Crippen molar-refractivity contribution >= 4 is 5.97 Å². The zero-order valence-electron chi connectivity index (χ0n) is 27.2. The van der Waals surface area contributed by atoms with Gasteiger partial charge in [-0.25, -0.2) is 0 Å². The minimum Gasteiger partial charge on any atom is -0.462 e. The van der Waals surface area contributed by atoms with Gasteiger partial charge in [0.1, 0.15) is 12.2 Å². The molecule has 2 fully saturated rings. The van der Waals surface area contributed by atoms with Crippen molar-refractivity contribution in [2.24, 2.45) is 23.7 Å². The highest BCUT2D eigenvalue weighted by Crippen LogP contribution is 2.39. The number of aliphatic hydroxyl groups is 2. The van der Waals surface area contributed by atoms with E-state index in [2.05, 4.69) is 46.1 Å². The van der Waals surface area contributed by atoms with Gasteiger partial charge >= 0.3 is 5.97 Å². The molecule has 3 aliphatic rings. The molecular weight excluding hydrogens is 544 g/mol. The summed E-state index contributed by atoms with van der Waals surface area (Å²) in [6, 6.07) is 0. The summed E-state index contributed by atoms with van der Waals surface area (Å²) in [5.41, 5.74) is 2.99. The fraction of sp³-hybridized carbons (Fsp3) is 0.639. The van der Waals surface area contributed by atoms with E-state index in [1.54, 1.807) is 6.08 Å². The third-order valence-electron chi connectivity index (χ3n) is 9.11. The number of aliphatic hydroxyl groups excluding tert-OH is 2. The maximum atomic E-state index is 11.9. The molecule has 0 aromatic heterocycles. The Morgan fingerprint density at radius 1 is 1.21 bits per heavy atom. The lowest BCUT2D eigenvalue weighted by molar-refractivity contribution is -0.293. The van der Waals surface area contributed by atoms with Gasteiger partial charge in [0, 0.05) is 37.5 Å². The van der Waals surface area contributed by atoms with Crippen molar-refractivity contribution in [2.75, 3.05) is 6.61 Å². The molecule has 0 bridgehead atoms. The van der Waals surface area contributed by atoms with Crippen LogP contribution in [0.4, 0.5) is 0 Å². The van der Waals surface area contributed by atoms with Crippen molar-refractivity contribution in [1.82, 2.24) is 0 Å². The number of allylic oxidation sites excluding steroid dienone is 3. The van der Waals surface area contributed by atoms with Crippen LogP contribution in [0, 0.1) is 23.7 Å². The smallest absolute Gasteiger partial charge is 0.302 e. The first-order valence-electron chi connectivity index (χ1n) is 15.8. The van der Waals surface area contributed by atoms with Crippen LogP contribution >= 0.6 is 0 Å². The van der Waals surface area contributed by atoms with Gasteiger partial charge in [-0.15, -0.1) is 6.58 Å². The van der Waals surface area contributed by atoms with Crippen LogP contribution < -0.4 is 0 Å². The Kier molecular flexibility index (Phi) is 12.8. The summed E-state index contributed by atoms with van der Waals surface area (Å²) >= 11 is 0. The summed E-state index contributed by atoms with van der Waals surface area (Å²) in [4.78, 5) is 11.9. The molecule has 240 valence electrons. The normalized spacial score (nSPS) is 33.5. The molecule has 0 aromatic carbocycles. The van der Waals surface area contributed by atoms with Crippen LogP contribution in [0.3, 0.4) is 0 Å². The predicted molar refractivity (Wildman–Crippen MR) is 170 cm³/mol. The summed E-state index contributed by atoms with van der Waals surface area (Å²) in [6.45, 7) is 22.0.